The Morgan fingerprint density at radius 1 is 1.39 bits per heavy atom. The molecule has 0 saturated heterocycles. The maximum Gasteiger partial charge on any atom is 0.411 e. The van der Waals surface area contributed by atoms with Crippen molar-refractivity contribution in [1.29, 1.82) is 0 Å². The molecule has 102 valence electrons. The fraction of sp³-hybridized carbons (Fsp3) is 0.583. The molecule has 0 radical (unpaired) electrons. The van der Waals surface area contributed by atoms with Gasteiger partial charge in [0, 0.05) is 18.8 Å². The summed E-state index contributed by atoms with van der Waals surface area (Å²) in [5, 5.41) is 3.17. The molecule has 0 aromatic carbocycles. The van der Waals surface area contributed by atoms with Crippen molar-refractivity contribution < 1.29 is 17.9 Å². The van der Waals surface area contributed by atoms with E-state index in [2.05, 4.69) is 15.0 Å². The van der Waals surface area contributed by atoms with Crippen LogP contribution in [0.25, 0.3) is 0 Å². The Kier molecular flexibility index (Phi) is 6.07. The van der Waals surface area contributed by atoms with E-state index in [-0.39, 0.29) is 12.6 Å². The van der Waals surface area contributed by atoms with Crippen molar-refractivity contribution in [1.82, 2.24) is 10.3 Å². The lowest BCUT2D eigenvalue weighted by Crippen LogP contribution is -2.23. The van der Waals surface area contributed by atoms with Crippen LogP contribution >= 0.6 is 0 Å². The van der Waals surface area contributed by atoms with Gasteiger partial charge in [-0.3, -0.25) is 4.98 Å². The summed E-state index contributed by atoms with van der Waals surface area (Å²) in [6.07, 6.45) is -2.00. The number of rotatable bonds is 7. The number of hydrogen-bond donors (Lipinski definition) is 1. The Morgan fingerprint density at radius 3 is 2.78 bits per heavy atom. The first kappa shape index (κ1) is 14.9. The molecule has 0 bridgehead atoms. The molecule has 1 aromatic heterocycles. The Bertz CT molecular complexity index is 330. The van der Waals surface area contributed by atoms with Gasteiger partial charge < -0.3 is 10.1 Å². The Morgan fingerprint density at radius 2 is 2.17 bits per heavy atom. The fourth-order valence-electron chi connectivity index (χ4n) is 1.42. The molecule has 3 nitrogen and oxygen atoms in total. The Balaban J connectivity index is 2.08. The van der Waals surface area contributed by atoms with Gasteiger partial charge in [0.2, 0.25) is 0 Å². The van der Waals surface area contributed by atoms with E-state index in [1.165, 1.54) is 0 Å². The van der Waals surface area contributed by atoms with Gasteiger partial charge in [-0.1, -0.05) is 6.07 Å². The van der Waals surface area contributed by atoms with Crippen molar-refractivity contribution in [3.8, 4) is 0 Å². The largest absolute Gasteiger partial charge is 0.411 e. The van der Waals surface area contributed by atoms with Crippen LogP contribution in [0.3, 0.4) is 0 Å². The summed E-state index contributed by atoms with van der Waals surface area (Å²) in [6.45, 7) is 1.47. The zero-order valence-electron chi connectivity index (χ0n) is 10.2. The number of pyridine rings is 1. The number of alkyl halides is 3. The Hall–Kier alpha value is -1.14. The van der Waals surface area contributed by atoms with E-state index in [4.69, 9.17) is 0 Å². The first-order valence-corrected chi connectivity index (χ1v) is 5.78. The number of nitrogens with one attached hydrogen (secondary N) is 1. The van der Waals surface area contributed by atoms with Crippen LogP contribution in [0, 0.1) is 0 Å². The van der Waals surface area contributed by atoms with Gasteiger partial charge in [-0.05, 0) is 32.0 Å². The van der Waals surface area contributed by atoms with Crippen LogP contribution < -0.4 is 5.32 Å². The smallest absolute Gasteiger partial charge is 0.372 e. The van der Waals surface area contributed by atoms with Crippen LogP contribution in [0.5, 0.6) is 0 Å². The van der Waals surface area contributed by atoms with Gasteiger partial charge in [0.25, 0.3) is 0 Å². The second kappa shape index (κ2) is 7.33. The molecule has 0 aliphatic heterocycles. The average Bonchev–Trinajstić information content (AvgIpc) is 2.33. The highest BCUT2D eigenvalue weighted by Crippen LogP contribution is 2.14. The SMILES string of the molecule is CC(NCCCOCC(F)(F)F)c1ccccn1. The predicted molar refractivity (Wildman–Crippen MR) is 62.1 cm³/mol. The van der Waals surface area contributed by atoms with E-state index in [9.17, 15) is 13.2 Å². The maximum atomic E-state index is 11.8. The van der Waals surface area contributed by atoms with Gasteiger partial charge in [0.15, 0.2) is 0 Å². The minimum Gasteiger partial charge on any atom is -0.372 e. The maximum absolute atomic E-state index is 11.8. The predicted octanol–water partition coefficient (Wildman–Crippen LogP) is 2.70. The first-order chi connectivity index (χ1) is 8.49. The van der Waals surface area contributed by atoms with Crippen molar-refractivity contribution in [2.24, 2.45) is 0 Å². The number of ether oxygens (including phenoxy) is 1. The van der Waals surface area contributed by atoms with Gasteiger partial charge in [-0.15, -0.1) is 0 Å². The van der Waals surface area contributed by atoms with Crippen LogP contribution in [-0.2, 0) is 4.74 Å². The molecule has 1 aromatic rings. The molecule has 0 fully saturated rings. The zero-order chi connectivity index (χ0) is 13.4. The number of nitrogens with zero attached hydrogens (tertiary/aromatic N) is 1. The van der Waals surface area contributed by atoms with Gasteiger partial charge in [0.05, 0.1) is 5.69 Å². The summed E-state index contributed by atoms with van der Waals surface area (Å²) < 4.78 is 39.8. The molecule has 1 unspecified atom stereocenters. The number of halogens is 3. The Labute approximate surface area is 104 Å². The van der Waals surface area contributed by atoms with Crippen LogP contribution in [0.15, 0.2) is 24.4 Å². The molecule has 18 heavy (non-hydrogen) atoms. The molecule has 1 rings (SSSR count). The van der Waals surface area contributed by atoms with E-state index < -0.39 is 12.8 Å². The molecule has 0 aliphatic rings. The van der Waals surface area contributed by atoms with E-state index in [0.29, 0.717) is 13.0 Å². The lowest BCUT2D eigenvalue weighted by atomic mass is 10.2. The monoisotopic (exact) mass is 262 g/mol. The van der Waals surface area contributed by atoms with Crippen molar-refractivity contribution >= 4 is 0 Å². The highest BCUT2D eigenvalue weighted by atomic mass is 19.4. The summed E-state index contributed by atoms with van der Waals surface area (Å²) in [5.41, 5.74) is 0.911. The van der Waals surface area contributed by atoms with E-state index in [0.717, 1.165) is 5.69 Å². The third-order valence-electron chi connectivity index (χ3n) is 2.31. The van der Waals surface area contributed by atoms with E-state index in [1.54, 1.807) is 6.20 Å². The van der Waals surface area contributed by atoms with Crippen molar-refractivity contribution in [2.75, 3.05) is 19.8 Å². The molecular weight excluding hydrogens is 245 g/mol. The van der Waals surface area contributed by atoms with Crippen LogP contribution in [0.2, 0.25) is 0 Å². The highest BCUT2D eigenvalue weighted by molar-refractivity contribution is 5.07. The summed E-state index contributed by atoms with van der Waals surface area (Å²) in [5.74, 6) is 0. The lowest BCUT2D eigenvalue weighted by Gasteiger charge is -2.13. The lowest BCUT2D eigenvalue weighted by molar-refractivity contribution is -0.173. The second-order valence-corrected chi connectivity index (χ2v) is 3.95. The molecule has 1 N–H and O–H groups in total. The quantitative estimate of drug-likeness (QED) is 0.767. The molecule has 0 spiro atoms. The van der Waals surface area contributed by atoms with Crippen molar-refractivity contribution in [2.45, 2.75) is 25.6 Å². The summed E-state index contributed by atoms with van der Waals surface area (Å²) in [6, 6.07) is 5.71. The van der Waals surface area contributed by atoms with E-state index in [1.807, 2.05) is 25.1 Å². The second-order valence-electron chi connectivity index (χ2n) is 3.95. The standard InChI is InChI=1S/C12H17F3N2O/c1-10(11-5-2-3-6-17-11)16-7-4-8-18-9-12(13,14)15/h2-3,5-6,10,16H,4,7-9H2,1H3. The first-order valence-electron chi connectivity index (χ1n) is 5.78. The molecule has 0 amide bonds. The average molecular weight is 262 g/mol. The molecule has 1 atom stereocenters. The van der Waals surface area contributed by atoms with Crippen LogP contribution in [0.4, 0.5) is 13.2 Å². The number of hydrogen-bond acceptors (Lipinski definition) is 3. The zero-order valence-corrected chi connectivity index (χ0v) is 10.2. The van der Waals surface area contributed by atoms with Gasteiger partial charge in [-0.2, -0.15) is 13.2 Å². The minimum absolute atomic E-state index is 0.0776. The van der Waals surface area contributed by atoms with Crippen molar-refractivity contribution in [3.63, 3.8) is 0 Å². The summed E-state index contributed by atoms with van der Waals surface area (Å²) in [4.78, 5) is 4.18. The summed E-state index contributed by atoms with van der Waals surface area (Å²) >= 11 is 0. The van der Waals surface area contributed by atoms with Crippen LogP contribution in [0.1, 0.15) is 25.1 Å². The molecule has 0 aliphatic carbocycles. The molecular formula is C12H17F3N2O. The minimum atomic E-state index is -4.24. The van der Waals surface area contributed by atoms with E-state index >= 15 is 0 Å². The topological polar surface area (TPSA) is 34.1 Å². The highest BCUT2D eigenvalue weighted by Gasteiger charge is 2.27. The van der Waals surface area contributed by atoms with Crippen molar-refractivity contribution in [3.05, 3.63) is 30.1 Å². The summed E-state index contributed by atoms with van der Waals surface area (Å²) in [7, 11) is 0. The number of aromatic nitrogens is 1. The molecule has 1 heterocycles. The third kappa shape index (κ3) is 6.56. The third-order valence-corrected chi connectivity index (χ3v) is 2.31. The van der Waals surface area contributed by atoms with Crippen LogP contribution in [-0.4, -0.2) is 30.9 Å². The normalized spacial score (nSPS) is 13.6. The van der Waals surface area contributed by atoms with Gasteiger partial charge >= 0.3 is 6.18 Å². The molecule has 0 saturated carbocycles. The molecule has 6 heteroatoms. The fourth-order valence-corrected chi connectivity index (χ4v) is 1.42. The van der Waals surface area contributed by atoms with Gasteiger partial charge in [-0.25, -0.2) is 0 Å². The van der Waals surface area contributed by atoms with Gasteiger partial charge in [0.1, 0.15) is 6.61 Å².